The van der Waals surface area contributed by atoms with Crippen LogP contribution in [0.4, 0.5) is 13.2 Å². The van der Waals surface area contributed by atoms with Crippen molar-refractivity contribution in [2.24, 2.45) is 0 Å². The zero-order valence-corrected chi connectivity index (χ0v) is 18.0. The molecule has 3 unspecified atom stereocenters. The maximum atomic E-state index is 14.3. The molecule has 1 aromatic carbocycles. The number of aryl methyl sites for hydroxylation is 1. The molecule has 33 heavy (non-hydrogen) atoms. The van der Waals surface area contributed by atoms with E-state index >= 15 is 0 Å². The molecule has 6 rings (SSSR count). The minimum Gasteiger partial charge on any atom is -0.311 e. The molecule has 0 amide bonds. The van der Waals surface area contributed by atoms with Crippen LogP contribution in [0.5, 0.6) is 0 Å². The maximum absolute atomic E-state index is 14.3. The first kappa shape index (κ1) is 20.6. The van der Waals surface area contributed by atoms with Crippen LogP contribution in [0.2, 0.25) is 0 Å². The number of likely N-dealkylation sites (tertiary alicyclic amines) is 1. The summed E-state index contributed by atoms with van der Waals surface area (Å²) in [5.41, 5.74) is 3.25. The average molecular weight is 452 g/mol. The van der Waals surface area contributed by atoms with Crippen molar-refractivity contribution in [3.63, 3.8) is 0 Å². The van der Waals surface area contributed by atoms with Crippen LogP contribution in [0.1, 0.15) is 30.5 Å². The van der Waals surface area contributed by atoms with Crippen LogP contribution in [0.3, 0.4) is 0 Å². The van der Waals surface area contributed by atoms with Crippen LogP contribution in [0, 0.1) is 0 Å². The van der Waals surface area contributed by atoms with Crippen molar-refractivity contribution in [3.05, 3.63) is 59.8 Å². The molecule has 4 aromatic rings. The van der Waals surface area contributed by atoms with Crippen LogP contribution in [0.15, 0.2) is 48.7 Å². The molecule has 0 saturated carbocycles. The largest absolute Gasteiger partial charge is 0.408 e. The summed E-state index contributed by atoms with van der Waals surface area (Å²) in [7, 11) is 0. The number of pyridine rings is 2. The summed E-state index contributed by atoms with van der Waals surface area (Å²) in [6.45, 7) is 3.06. The Balaban J connectivity index is 1.46. The lowest BCUT2D eigenvalue weighted by Gasteiger charge is -2.36. The summed E-state index contributed by atoms with van der Waals surface area (Å²) in [4.78, 5) is 6.40. The van der Waals surface area contributed by atoms with Gasteiger partial charge in [0, 0.05) is 36.8 Å². The number of para-hydroxylation sites is 1. The van der Waals surface area contributed by atoms with Gasteiger partial charge >= 0.3 is 6.18 Å². The van der Waals surface area contributed by atoms with E-state index in [0.717, 1.165) is 29.3 Å². The molecule has 2 aliphatic heterocycles. The number of alkyl halides is 3. The topological polar surface area (TPSA) is 58.4 Å². The molecule has 5 heterocycles. The van der Waals surface area contributed by atoms with Crippen molar-refractivity contribution in [1.29, 1.82) is 0 Å². The number of aromatic nitrogens is 4. The predicted molar refractivity (Wildman–Crippen MR) is 119 cm³/mol. The van der Waals surface area contributed by atoms with Crippen LogP contribution < -0.4 is 5.32 Å². The number of nitrogens with one attached hydrogen (secondary N) is 1. The Morgan fingerprint density at radius 3 is 2.73 bits per heavy atom. The van der Waals surface area contributed by atoms with E-state index in [2.05, 4.69) is 22.4 Å². The van der Waals surface area contributed by atoms with Crippen molar-refractivity contribution in [1.82, 2.24) is 29.8 Å². The maximum Gasteiger partial charge on any atom is 0.408 e. The Kier molecular flexibility index (Phi) is 4.67. The highest BCUT2D eigenvalue weighted by Crippen LogP contribution is 2.42. The van der Waals surface area contributed by atoms with E-state index in [1.807, 2.05) is 30.3 Å². The highest BCUT2D eigenvalue weighted by molar-refractivity contribution is 5.84. The highest BCUT2D eigenvalue weighted by atomic mass is 19.4. The lowest BCUT2D eigenvalue weighted by atomic mass is 10.1. The van der Waals surface area contributed by atoms with Crippen molar-refractivity contribution in [2.45, 2.75) is 44.1 Å². The molecular weight excluding hydrogens is 429 g/mol. The summed E-state index contributed by atoms with van der Waals surface area (Å²) in [6, 6.07) is 11.3. The van der Waals surface area contributed by atoms with Gasteiger partial charge in [-0.25, -0.2) is 4.98 Å². The van der Waals surface area contributed by atoms with E-state index in [1.54, 1.807) is 15.4 Å². The van der Waals surface area contributed by atoms with Gasteiger partial charge in [-0.2, -0.15) is 13.2 Å². The van der Waals surface area contributed by atoms with E-state index in [0.29, 0.717) is 30.3 Å². The zero-order valence-electron chi connectivity index (χ0n) is 18.0. The number of halogens is 3. The van der Waals surface area contributed by atoms with Crippen LogP contribution in [-0.4, -0.2) is 55.8 Å². The molecule has 2 fully saturated rings. The van der Waals surface area contributed by atoms with Gasteiger partial charge in [0.1, 0.15) is 11.7 Å². The second kappa shape index (κ2) is 7.50. The molecule has 2 bridgehead atoms. The van der Waals surface area contributed by atoms with Gasteiger partial charge in [-0.3, -0.25) is 9.30 Å². The molecule has 0 radical (unpaired) electrons. The number of fused-ring (bicyclic) bond motifs is 4. The van der Waals surface area contributed by atoms with Crippen molar-refractivity contribution >= 4 is 16.6 Å². The molecule has 1 N–H and O–H groups in total. The number of hydrogen-bond acceptors (Lipinski definition) is 5. The Hall–Kier alpha value is -3.04. The number of benzene rings is 1. The first-order valence-corrected chi connectivity index (χ1v) is 11.2. The summed E-state index contributed by atoms with van der Waals surface area (Å²) < 4.78 is 44.5. The lowest BCUT2D eigenvalue weighted by molar-refractivity contribution is -0.190. The average Bonchev–Trinajstić information content (AvgIpc) is 3.53. The third kappa shape index (κ3) is 3.38. The second-order valence-electron chi connectivity index (χ2n) is 8.89. The minimum atomic E-state index is -4.39. The second-order valence-corrected chi connectivity index (χ2v) is 8.89. The van der Waals surface area contributed by atoms with Gasteiger partial charge in [-0.15, -0.1) is 10.2 Å². The standard InChI is InChI=1S/C24H23F3N6/c1-2-14-4-3-5-15-6-8-19(29-21(14)15)23-31-30-20-9-7-16(12-33(20)23)22(24(25,26)27)32-13-17-10-18(32)11-28-17/h3-9,12,17-18,22,28H,2,10-11,13H2,1H3. The van der Waals surface area contributed by atoms with Gasteiger partial charge in [0.15, 0.2) is 11.5 Å². The molecule has 0 spiro atoms. The van der Waals surface area contributed by atoms with E-state index in [9.17, 15) is 13.2 Å². The Bertz CT molecular complexity index is 1350. The number of piperazine rings is 1. The normalized spacial score (nSPS) is 21.9. The van der Waals surface area contributed by atoms with E-state index in [1.165, 1.54) is 12.3 Å². The molecule has 9 heteroatoms. The quantitative estimate of drug-likeness (QED) is 0.504. The molecule has 2 aliphatic rings. The Morgan fingerprint density at radius 1 is 1.12 bits per heavy atom. The SMILES string of the molecule is CCc1cccc2ccc(-c3nnc4ccc(C(N5CC6CC5CN6)C(F)(F)F)cn34)nc12. The number of hydrogen-bond donors (Lipinski definition) is 1. The Labute approximate surface area is 188 Å². The number of rotatable bonds is 4. The van der Waals surface area contributed by atoms with E-state index in [4.69, 9.17) is 4.98 Å². The van der Waals surface area contributed by atoms with Gasteiger partial charge in [0.05, 0.1) is 5.52 Å². The molecular formula is C24H23F3N6. The van der Waals surface area contributed by atoms with E-state index in [-0.39, 0.29) is 17.6 Å². The minimum absolute atomic E-state index is 0.104. The monoisotopic (exact) mass is 452 g/mol. The third-order valence-electron chi connectivity index (χ3n) is 6.90. The molecule has 3 aromatic heterocycles. The van der Waals surface area contributed by atoms with Gasteiger partial charge in [-0.05, 0) is 36.1 Å². The van der Waals surface area contributed by atoms with Gasteiger partial charge < -0.3 is 5.32 Å². The van der Waals surface area contributed by atoms with Crippen LogP contribution in [-0.2, 0) is 6.42 Å². The predicted octanol–water partition coefficient (Wildman–Crippen LogP) is 4.16. The summed E-state index contributed by atoms with van der Waals surface area (Å²) >= 11 is 0. The summed E-state index contributed by atoms with van der Waals surface area (Å²) in [6.07, 6.45) is -1.27. The molecule has 0 aliphatic carbocycles. The molecule has 2 saturated heterocycles. The fourth-order valence-corrected chi connectivity index (χ4v) is 5.34. The van der Waals surface area contributed by atoms with Gasteiger partial charge in [-0.1, -0.05) is 37.3 Å². The van der Waals surface area contributed by atoms with Crippen molar-refractivity contribution in [2.75, 3.05) is 13.1 Å². The van der Waals surface area contributed by atoms with Crippen molar-refractivity contribution in [3.8, 4) is 11.5 Å². The fourth-order valence-electron chi connectivity index (χ4n) is 5.34. The highest BCUT2D eigenvalue weighted by Gasteiger charge is 2.51. The molecule has 3 atom stereocenters. The first-order valence-electron chi connectivity index (χ1n) is 11.2. The Morgan fingerprint density at radius 2 is 2.00 bits per heavy atom. The van der Waals surface area contributed by atoms with Crippen molar-refractivity contribution < 1.29 is 13.2 Å². The van der Waals surface area contributed by atoms with Crippen LogP contribution in [0.25, 0.3) is 28.1 Å². The lowest BCUT2D eigenvalue weighted by Crippen LogP contribution is -2.49. The first-order chi connectivity index (χ1) is 15.9. The number of nitrogens with zero attached hydrogens (tertiary/aromatic N) is 5. The summed E-state index contributed by atoms with van der Waals surface area (Å²) in [5, 5.41) is 12.8. The molecule has 6 nitrogen and oxygen atoms in total. The summed E-state index contributed by atoms with van der Waals surface area (Å²) in [5.74, 6) is 0.435. The van der Waals surface area contributed by atoms with Gasteiger partial charge in [0.2, 0.25) is 0 Å². The molecule has 170 valence electrons. The van der Waals surface area contributed by atoms with Gasteiger partial charge in [0.25, 0.3) is 0 Å². The van der Waals surface area contributed by atoms with E-state index < -0.39 is 12.2 Å². The zero-order chi connectivity index (χ0) is 22.7. The smallest absolute Gasteiger partial charge is 0.311 e. The fraction of sp³-hybridized carbons (Fsp3) is 0.375. The van der Waals surface area contributed by atoms with Crippen LogP contribution >= 0.6 is 0 Å². The third-order valence-corrected chi connectivity index (χ3v) is 6.90.